The first-order valence-corrected chi connectivity index (χ1v) is 10.7. The molecule has 0 spiro atoms. The van der Waals surface area contributed by atoms with Crippen LogP contribution in [0.5, 0.6) is 5.75 Å². The number of amides is 2. The van der Waals surface area contributed by atoms with Crippen molar-refractivity contribution in [3.8, 4) is 5.75 Å². The fraction of sp³-hybridized carbons (Fsp3) is 0.346. The van der Waals surface area contributed by atoms with Crippen LogP contribution in [-0.2, 0) is 9.53 Å². The number of ether oxygens (including phenoxy) is 2. The van der Waals surface area contributed by atoms with Crippen LogP contribution in [0.4, 0.5) is 4.79 Å². The Hall–Kier alpha value is -3.41. The third-order valence-corrected chi connectivity index (χ3v) is 4.95. The van der Waals surface area contributed by atoms with Crippen LogP contribution in [0, 0.1) is 5.92 Å². The van der Waals surface area contributed by atoms with Gasteiger partial charge in [-0.25, -0.2) is 14.7 Å². The maximum absolute atomic E-state index is 13.5. The summed E-state index contributed by atoms with van der Waals surface area (Å²) in [5, 5.41) is 0. The van der Waals surface area contributed by atoms with Gasteiger partial charge in [-0.2, -0.15) is 0 Å². The standard InChI is InChI=1S/C26H30N2O4/c1-17(2)23-22(19-10-8-7-9-11-19)27-21(16-18-12-14-20(31-6)15-13-18)24(29)28(23)25(30)32-26(3,4)5/h7-17,23H,1-6H3/b21-16-. The SMILES string of the molecule is COc1ccc(/C=C2\N=C(c3ccccc3)C(C(C)C)N(C(=O)OC(C)(C)C)C2=O)cc1. The number of carbonyl (C=O) groups excluding carboxylic acids is 2. The van der Waals surface area contributed by atoms with E-state index >= 15 is 0 Å². The van der Waals surface area contributed by atoms with E-state index in [0.717, 1.165) is 11.1 Å². The van der Waals surface area contributed by atoms with Crippen LogP contribution in [0.25, 0.3) is 6.08 Å². The van der Waals surface area contributed by atoms with Crippen LogP contribution in [0.15, 0.2) is 65.3 Å². The minimum Gasteiger partial charge on any atom is -0.497 e. The number of carbonyl (C=O) groups is 2. The van der Waals surface area contributed by atoms with Crippen molar-refractivity contribution in [1.82, 2.24) is 4.90 Å². The summed E-state index contributed by atoms with van der Waals surface area (Å²) in [6, 6.07) is 16.4. The molecule has 2 aromatic rings. The molecule has 6 nitrogen and oxygen atoms in total. The smallest absolute Gasteiger partial charge is 0.418 e. The molecule has 0 saturated carbocycles. The Labute approximate surface area is 189 Å². The van der Waals surface area contributed by atoms with E-state index in [1.807, 2.05) is 68.4 Å². The Bertz CT molecular complexity index is 1030. The second-order valence-corrected chi connectivity index (χ2v) is 9.01. The molecule has 1 atom stereocenters. The summed E-state index contributed by atoms with van der Waals surface area (Å²) in [7, 11) is 1.60. The molecule has 0 radical (unpaired) electrons. The quantitative estimate of drug-likeness (QED) is 0.610. The lowest BCUT2D eigenvalue weighted by molar-refractivity contribution is -0.128. The second kappa shape index (κ2) is 9.39. The Morgan fingerprint density at radius 1 is 1.06 bits per heavy atom. The van der Waals surface area contributed by atoms with Crippen molar-refractivity contribution in [1.29, 1.82) is 0 Å². The van der Waals surface area contributed by atoms with E-state index in [4.69, 9.17) is 14.5 Å². The largest absolute Gasteiger partial charge is 0.497 e. The van der Waals surface area contributed by atoms with Crippen LogP contribution in [-0.4, -0.2) is 41.4 Å². The van der Waals surface area contributed by atoms with Gasteiger partial charge in [0.2, 0.25) is 0 Å². The van der Waals surface area contributed by atoms with Crippen molar-refractivity contribution in [2.75, 3.05) is 7.11 Å². The highest BCUT2D eigenvalue weighted by Crippen LogP contribution is 2.29. The first-order chi connectivity index (χ1) is 15.1. The van der Waals surface area contributed by atoms with E-state index in [0.29, 0.717) is 11.5 Å². The normalized spacial score (nSPS) is 18.0. The van der Waals surface area contributed by atoms with Crippen LogP contribution in [0.3, 0.4) is 0 Å². The predicted octanol–water partition coefficient (Wildman–Crippen LogP) is 5.33. The summed E-state index contributed by atoms with van der Waals surface area (Å²) in [6.07, 6.45) is 1.00. The van der Waals surface area contributed by atoms with E-state index in [1.54, 1.807) is 34.0 Å². The third kappa shape index (κ3) is 5.25. The topological polar surface area (TPSA) is 68.2 Å². The number of aliphatic imine (C=N–C) groups is 1. The summed E-state index contributed by atoms with van der Waals surface area (Å²) in [6.45, 7) is 9.27. The summed E-state index contributed by atoms with van der Waals surface area (Å²) in [5.41, 5.74) is 1.73. The van der Waals surface area contributed by atoms with Gasteiger partial charge in [0.25, 0.3) is 5.91 Å². The molecular formula is C26H30N2O4. The molecule has 0 aromatic heterocycles. The molecular weight excluding hydrogens is 404 g/mol. The van der Waals surface area contributed by atoms with Crippen LogP contribution in [0.1, 0.15) is 45.7 Å². The molecule has 3 rings (SSSR count). The molecule has 1 heterocycles. The zero-order valence-electron chi connectivity index (χ0n) is 19.5. The summed E-state index contributed by atoms with van der Waals surface area (Å²) in [5.74, 6) is 0.173. The van der Waals surface area contributed by atoms with Crippen molar-refractivity contribution >= 4 is 23.8 Å². The molecule has 0 bridgehead atoms. The van der Waals surface area contributed by atoms with Gasteiger partial charge in [-0.05, 0) is 56.0 Å². The summed E-state index contributed by atoms with van der Waals surface area (Å²) >= 11 is 0. The molecule has 6 heteroatoms. The van der Waals surface area contributed by atoms with Crippen molar-refractivity contribution in [3.63, 3.8) is 0 Å². The van der Waals surface area contributed by atoms with E-state index in [9.17, 15) is 9.59 Å². The van der Waals surface area contributed by atoms with Crippen molar-refractivity contribution < 1.29 is 19.1 Å². The number of hydrogen-bond acceptors (Lipinski definition) is 5. The zero-order chi connectivity index (χ0) is 23.5. The van der Waals surface area contributed by atoms with Crippen LogP contribution >= 0.6 is 0 Å². The molecule has 1 aliphatic heterocycles. The van der Waals surface area contributed by atoms with Gasteiger partial charge in [-0.3, -0.25) is 4.79 Å². The summed E-state index contributed by atoms with van der Waals surface area (Å²) in [4.78, 5) is 32.6. The minimum atomic E-state index is -0.736. The van der Waals surface area contributed by atoms with Crippen LogP contribution in [0.2, 0.25) is 0 Å². The molecule has 32 heavy (non-hydrogen) atoms. The first kappa shape index (κ1) is 23.3. The average Bonchev–Trinajstić information content (AvgIpc) is 2.74. The lowest BCUT2D eigenvalue weighted by Crippen LogP contribution is -2.55. The van der Waals surface area contributed by atoms with Gasteiger partial charge in [0.15, 0.2) is 0 Å². The fourth-order valence-corrected chi connectivity index (χ4v) is 3.53. The lowest BCUT2D eigenvalue weighted by atomic mass is 9.90. The fourth-order valence-electron chi connectivity index (χ4n) is 3.53. The molecule has 1 unspecified atom stereocenters. The summed E-state index contributed by atoms with van der Waals surface area (Å²) < 4.78 is 10.8. The number of nitrogens with zero attached hydrogens (tertiary/aromatic N) is 2. The number of imide groups is 1. The van der Waals surface area contributed by atoms with E-state index in [2.05, 4.69) is 0 Å². The molecule has 2 aromatic carbocycles. The Kier molecular flexibility index (Phi) is 6.82. The first-order valence-electron chi connectivity index (χ1n) is 10.7. The van der Waals surface area contributed by atoms with Crippen molar-refractivity contribution in [2.45, 2.75) is 46.3 Å². The molecule has 2 amide bonds. The second-order valence-electron chi connectivity index (χ2n) is 9.01. The zero-order valence-corrected chi connectivity index (χ0v) is 19.5. The van der Waals surface area contributed by atoms with Gasteiger partial charge < -0.3 is 9.47 Å². The maximum Gasteiger partial charge on any atom is 0.418 e. The van der Waals surface area contributed by atoms with Crippen molar-refractivity contribution in [3.05, 3.63) is 71.4 Å². The molecule has 0 saturated heterocycles. The van der Waals surface area contributed by atoms with Crippen molar-refractivity contribution in [2.24, 2.45) is 10.9 Å². The number of rotatable bonds is 4. The highest BCUT2D eigenvalue weighted by Gasteiger charge is 2.43. The van der Waals surface area contributed by atoms with Gasteiger partial charge in [-0.15, -0.1) is 0 Å². The highest BCUT2D eigenvalue weighted by molar-refractivity contribution is 6.18. The Morgan fingerprint density at radius 3 is 2.22 bits per heavy atom. The maximum atomic E-state index is 13.5. The Morgan fingerprint density at radius 2 is 1.69 bits per heavy atom. The number of hydrogen-bond donors (Lipinski definition) is 0. The minimum absolute atomic E-state index is 0.0621. The van der Waals surface area contributed by atoms with Gasteiger partial charge in [0.1, 0.15) is 17.0 Å². The van der Waals surface area contributed by atoms with Crippen LogP contribution < -0.4 is 4.74 Å². The number of benzene rings is 2. The molecule has 168 valence electrons. The monoisotopic (exact) mass is 434 g/mol. The van der Waals surface area contributed by atoms with Gasteiger partial charge in [0.05, 0.1) is 18.9 Å². The van der Waals surface area contributed by atoms with E-state index < -0.39 is 23.6 Å². The van der Waals surface area contributed by atoms with E-state index in [-0.39, 0.29) is 11.6 Å². The van der Waals surface area contributed by atoms with E-state index in [1.165, 1.54) is 4.90 Å². The van der Waals surface area contributed by atoms with Gasteiger partial charge >= 0.3 is 6.09 Å². The predicted molar refractivity (Wildman–Crippen MR) is 126 cm³/mol. The molecule has 0 N–H and O–H groups in total. The lowest BCUT2D eigenvalue weighted by Gasteiger charge is -2.38. The van der Waals surface area contributed by atoms with Gasteiger partial charge in [-0.1, -0.05) is 56.3 Å². The molecule has 1 aliphatic rings. The third-order valence-electron chi connectivity index (χ3n) is 4.95. The molecule has 0 aliphatic carbocycles. The highest BCUT2D eigenvalue weighted by atomic mass is 16.6. The number of methoxy groups -OCH3 is 1. The molecule has 0 fully saturated rings. The Balaban J connectivity index is 2.15. The van der Waals surface area contributed by atoms with Gasteiger partial charge in [0, 0.05) is 0 Å². The average molecular weight is 435 g/mol.